The minimum absolute atomic E-state index is 0.0421. The van der Waals surface area contributed by atoms with Gasteiger partial charge in [0, 0.05) is 79.0 Å². The van der Waals surface area contributed by atoms with Gasteiger partial charge in [-0.2, -0.15) is 0 Å². The molecule has 3 aromatic rings. The Labute approximate surface area is 394 Å². The van der Waals surface area contributed by atoms with Gasteiger partial charge in [0.25, 0.3) is 0 Å². The van der Waals surface area contributed by atoms with Crippen LogP contribution < -0.4 is 5.73 Å². The molecule has 0 aromatic carbocycles. The number of primary amides is 1. The monoisotopic (exact) mass is 946 g/mol. The summed E-state index contributed by atoms with van der Waals surface area (Å²) < 4.78 is 52.7. The number of hydrogen-bond donors (Lipinski definition) is 2. The third-order valence-corrected chi connectivity index (χ3v) is 13.5. The fourth-order valence-electron chi connectivity index (χ4n) is 9.24. The van der Waals surface area contributed by atoms with Gasteiger partial charge < -0.3 is 57.4 Å². The molecule has 0 aliphatic carbocycles. The second kappa shape index (κ2) is 26.7. The summed E-state index contributed by atoms with van der Waals surface area (Å²) >= 11 is 0. The third-order valence-electron chi connectivity index (χ3n) is 13.5. The number of hydrogen-bond acceptors (Lipinski definition) is 17. The summed E-state index contributed by atoms with van der Waals surface area (Å²) in [7, 11) is 8.05. The number of esters is 1. The molecule has 3 N–H and O–H groups in total. The molecule has 6 bridgehead atoms. The van der Waals surface area contributed by atoms with Crippen LogP contribution in [0, 0.1) is 35.5 Å². The number of nitrogens with zero attached hydrogens (tertiary/aromatic N) is 4. The third kappa shape index (κ3) is 15.9. The maximum absolute atomic E-state index is 14.0. The number of rotatable bonds is 18. The molecule has 19 nitrogen and oxygen atoms in total. The maximum Gasteiger partial charge on any atom is 0.404 e. The number of oxazole rings is 3. The number of aryl methyl sites for hydroxylation is 1. The zero-order chi connectivity index (χ0) is 49.4. The van der Waals surface area contributed by atoms with E-state index in [1.54, 1.807) is 33.3 Å². The van der Waals surface area contributed by atoms with Crippen molar-refractivity contribution >= 4 is 24.3 Å². The highest BCUT2D eigenvalue weighted by Gasteiger charge is 2.36. The first-order valence-corrected chi connectivity index (χ1v) is 23.4. The van der Waals surface area contributed by atoms with E-state index in [0.717, 1.165) is 6.41 Å². The van der Waals surface area contributed by atoms with Crippen LogP contribution in [0.2, 0.25) is 0 Å². The lowest BCUT2D eigenvalue weighted by Crippen LogP contribution is -2.40. The zero-order valence-corrected chi connectivity index (χ0v) is 41.2. The van der Waals surface area contributed by atoms with Crippen molar-refractivity contribution in [3.05, 3.63) is 30.4 Å². The number of amides is 2. The summed E-state index contributed by atoms with van der Waals surface area (Å²) in [6.45, 7) is 12.1. The largest absolute Gasteiger partial charge is 0.462 e. The van der Waals surface area contributed by atoms with Gasteiger partial charge in [-0.05, 0) is 56.3 Å². The fourth-order valence-corrected chi connectivity index (χ4v) is 9.24. The highest BCUT2D eigenvalue weighted by molar-refractivity contribution is 5.81. The Morgan fingerprint density at radius 2 is 1.60 bits per heavy atom. The Morgan fingerprint density at radius 1 is 0.910 bits per heavy atom. The molecule has 4 rings (SSSR count). The summed E-state index contributed by atoms with van der Waals surface area (Å²) in [4.78, 5) is 66.2. The number of fused-ring (bicyclic) bond motifs is 8. The van der Waals surface area contributed by atoms with Crippen LogP contribution in [0.4, 0.5) is 4.79 Å². The fraction of sp³-hybridized carbons (Fsp3) is 0.729. The van der Waals surface area contributed by atoms with Crippen LogP contribution in [0.1, 0.15) is 117 Å². The Kier molecular flexibility index (Phi) is 21.9. The van der Waals surface area contributed by atoms with Gasteiger partial charge in [-0.3, -0.25) is 14.4 Å². The normalized spacial score (nSPS) is 25.9. The van der Waals surface area contributed by atoms with E-state index in [1.165, 1.54) is 25.9 Å². The molecule has 0 saturated carbocycles. The maximum atomic E-state index is 14.0. The van der Waals surface area contributed by atoms with Crippen molar-refractivity contribution in [3.8, 4) is 23.2 Å². The Balaban J connectivity index is 1.57. The second-order valence-electron chi connectivity index (χ2n) is 18.6. The number of aliphatic hydroxyl groups excluding tert-OH is 1. The first-order chi connectivity index (χ1) is 31.9. The number of ketones is 1. The molecule has 0 spiro atoms. The molecule has 0 fully saturated rings. The molecular weight excluding hydrogens is 871 g/mol. The SMILES string of the molecule is CO[C@H]([C@H](C)CCN(C)C=O)[C@@H](C)C(=O)CC[C@H](C)[C@H](C[C@@H]1OC(=O)C[C@@H](OC(N)=O)C[C@H](C)C[C@H](O)[C@H](C)[C@@H](OC)c2coc(n2)-c2coc(n2)-c2coc(n2)CCC[C@H](OC)[C@H]1C)OC. The molecule has 3 aromatic heterocycles. The van der Waals surface area contributed by atoms with Crippen molar-refractivity contribution in [2.24, 2.45) is 41.2 Å². The van der Waals surface area contributed by atoms with Crippen LogP contribution in [-0.4, -0.2) is 128 Å². The number of methoxy groups -OCH3 is 4. The lowest BCUT2D eigenvalue weighted by molar-refractivity contribution is -0.160. The van der Waals surface area contributed by atoms with E-state index < -0.39 is 48.5 Å². The molecule has 0 radical (unpaired) electrons. The average Bonchev–Trinajstić information content (AvgIpc) is 4.09. The quantitative estimate of drug-likeness (QED) is 0.0962. The average molecular weight is 946 g/mol. The van der Waals surface area contributed by atoms with Gasteiger partial charge in [-0.15, -0.1) is 0 Å². The van der Waals surface area contributed by atoms with Crippen molar-refractivity contribution in [3.63, 3.8) is 0 Å². The standard InChI is InChI=1S/C48H75N5O14/c1-27-19-33(66-48(49)58)21-43(57)67-41(22-40(60-9)28(2)15-16-37(55)30(4)44(61-10)29(3)17-18-53(7)26-54)32(6)39(59-8)13-12-14-42-50-35(24-63-42)46-52-36(25-65-46)47-51-34(23-64-47)45(62-11)31(5)38(56)20-27/h23-33,38-41,44-45,56H,12-22H2,1-11H3,(H2,49,58)/t27-,28-,29+,30-,31-,32+,33-,38-,39-,40-,41-,44+,45+/m0/s1. The molecule has 1 aliphatic rings. The molecule has 1 aliphatic heterocycles. The van der Waals surface area contributed by atoms with Gasteiger partial charge in [0.1, 0.15) is 48.6 Å². The predicted octanol–water partition coefficient (Wildman–Crippen LogP) is 6.99. The summed E-state index contributed by atoms with van der Waals surface area (Å²) in [5.41, 5.74) is 6.68. The van der Waals surface area contributed by atoms with Crippen LogP contribution in [0.25, 0.3) is 23.2 Å². The summed E-state index contributed by atoms with van der Waals surface area (Å²) in [5, 5.41) is 11.5. The number of aromatic nitrogens is 3. The van der Waals surface area contributed by atoms with E-state index in [2.05, 4.69) is 15.0 Å². The van der Waals surface area contributed by atoms with Crippen LogP contribution in [0.5, 0.6) is 0 Å². The van der Waals surface area contributed by atoms with E-state index in [-0.39, 0.29) is 91.5 Å². The van der Waals surface area contributed by atoms with Gasteiger partial charge >= 0.3 is 12.1 Å². The molecule has 376 valence electrons. The molecule has 4 heterocycles. The van der Waals surface area contributed by atoms with Crippen molar-refractivity contribution in [1.29, 1.82) is 0 Å². The van der Waals surface area contributed by atoms with E-state index in [0.29, 0.717) is 61.6 Å². The lowest BCUT2D eigenvalue weighted by atomic mass is 9.83. The van der Waals surface area contributed by atoms with Crippen molar-refractivity contribution in [2.75, 3.05) is 42.0 Å². The molecular formula is C48H75N5O14. The number of Topliss-reactive ketones (excluding diaryl/α,β-unsaturated/α-hetero) is 1. The van der Waals surface area contributed by atoms with Gasteiger partial charge in [0.2, 0.25) is 18.2 Å². The first kappa shape index (κ1) is 54.9. The summed E-state index contributed by atoms with van der Waals surface area (Å²) in [5.74, 6) is -1.19. The van der Waals surface area contributed by atoms with E-state index in [9.17, 15) is 24.3 Å². The smallest absolute Gasteiger partial charge is 0.404 e. The topological polar surface area (TPSA) is 251 Å². The zero-order valence-electron chi connectivity index (χ0n) is 41.2. The highest BCUT2D eigenvalue weighted by Crippen LogP contribution is 2.34. The van der Waals surface area contributed by atoms with E-state index in [4.69, 9.17) is 47.4 Å². The summed E-state index contributed by atoms with van der Waals surface area (Å²) in [6.07, 6.45) is 3.30. The Hall–Kier alpha value is -4.69. The van der Waals surface area contributed by atoms with Crippen LogP contribution in [0.3, 0.4) is 0 Å². The molecule has 2 amide bonds. The number of aliphatic hydroxyl groups is 1. The van der Waals surface area contributed by atoms with Gasteiger partial charge in [-0.1, -0.05) is 41.5 Å². The molecule has 13 atom stereocenters. The number of nitrogens with two attached hydrogens (primary N) is 1. The van der Waals surface area contributed by atoms with E-state index in [1.807, 2.05) is 41.5 Å². The molecule has 67 heavy (non-hydrogen) atoms. The minimum atomic E-state index is -1.04. The van der Waals surface area contributed by atoms with E-state index >= 15 is 0 Å². The number of carbonyl (C=O) groups is 4. The van der Waals surface area contributed by atoms with Gasteiger partial charge in [-0.25, -0.2) is 19.7 Å². The number of cyclic esters (lactones) is 1. The number of ether oxygens (including phenoxy) is 6. The predicted molar refractivity (Wildman–Crippen MR) is 244 cm³/mol. The molecule has 0 unspecified atom stereocenters. The van der Waals surface area contributed by atoms with Crippen molar-refractivity contribution in [2.45, 2.75) is 148 Å². The van der Waals surface area contributed by atoms with Crippen molar-refractivity contribution < 1.29 is 66.0 Å². The highest BCUT2D eigenvalue weighted by atomic mass is 16.6. The number of carbonyl (C=O) groups excluding carboxylic acids is 4. The Morgan fingerprint density at radius 3 is 2.25 bits per heavy atom. The van der Waals surface area contributed by atoms with Crippen molar-refractivity contribution in [1.82, 2.24) is 19.9 Å². The molecule has 0 saturated heterocycles. The van der Waals surface area contributed by atoms with Crippen LogP contribution >= 0.6 is 0 Å². The molecule has 19 heteroatoms. The van der Waals surface area contributed by atoms with Gasteiger partial charge in [0.15, 0.2) is 17.3 Å². The van der Waals surface area contributed by atoms with Gasteiger partial charge in [0.05, 0.1) is 30.8 Å². The Bertz CT molecular complexity index is 1970. The van der Waals surface area contributed by atoms with Crippen LogP contribution in [-0.2, 0) is 49.2 Å². The second-order valence-corrected chi connectivity index (χ2v) is 18.6. The van der Waals surface area contributed by atoms with Crippen LogP contribution in [0.15, 0.2) is 32.0 Å². The lowest BCUT2D eigenvalue weighted by Gasteiger charge is -2.34. The minimum Gasteiger partial charge on any atom is -0.462 e. The summed E-state index contributed by atoms with van der Waals surface area (Å²) in [6, 6.07) is 0. The first-order valence-electron chi connectivity index (χ1n) is 23.4.